The zero-order valence-corrected chi connectivity index (χ0v) is 14.5. The summed E-state index contributed by atoms with van der Waals surface area (Å²) in [4.78, 5) is 14.5. The van der Waals surface area contributed by atoms with Gasteiger partial charge in [-0.1, -0.05) is 11.6 Å². The van der Waals surface area contributed by atoms with Gasteiger partial charge in [0.25, 0.3) is 0 Å². The maximum absolute atomic E-state index is 12.7. The number of carbonyl (C=O) groups excluding carboxylic acids is 1. The lowest BCUT2D eigenvalue weighted by Gasteiger charge is -2.37. The van der Waals surface area contributed by atoms with E-state index in [4.69, 9.17) is 30.5 Å². The molecule has 0 saturated carbocycles. The van der Waals surface area contributed by atoms with E-state index < -0.39 is 0 Å². The van der Waals surface area contributed by atoms with Crippen molar-refractivity contribution in [1.29, 1.82) is 0 Å². The Morgan fingerprint density at radius 1 is 1.20 bits per heavy atom. The molecule has 3 heterocycles. The molecule has 2 fully saturated rings. The van der Waals surface area contributed by atoms with Crippen LogP contribution in [0.4, 0.5) is 0 Å². The van der Waals surface area contributed by atoms with Crippen molar-refractivity contribution in [1.82, 2.24) is 4.90 Å². The lowest BCUT2D eigenvalue weighted by molar-refractivity contribution is -0.145. The zero-order valence-electron chi connectivity index (χ0n) is 13.8. The average molecular weight is 366 g/mol. The fourth-order valence-corrected chi connectivity index (χ4v) is 3.73. The predicted molar refractivity (Wildman–Crippen MR) is 91.7 cm³/mol. The third kappa shape index (κ3) is 3.47. The van der Waals surface area contributed by atoms with Crippen molar-refractivity contribution in [3.8, 4) is 11.5 Å². The van der Waals surface area contributed by atoms with Crippen LogP contribution in [0.3, 0.4) is 0 Å². The molecule has 0 spiro atoms. The van der Waals surface area contributed by atoms with E-state index in [9.17, 15) is 4.79 Å². The first-order valence-corrected chi connectivity index (χ1v) is 8.91. The van der Waals surface area contributed by atoms with Crippen LogP contribution < -0.4 is 9.47 Å². The summed E-state index contributed by atoms with van der Waals surface area (Å²) in [5.41, 5.74) is 0.796. The van der Waals surface area contributed by atoms with Crippen LogP contribution in [0.25, 0.3) is 6.08 Å². The second-order valence-corrected chi connectivity index (χ2v) is 6.68. The van der Waals surface area contributed by atoms with Gasteiger partial charge in [0.15, 0.2) is 17.8 Å². The Morgan fingerprint density at radius 2 is 2.04 bits per heavy atom. The van der Waals surface area contributed by atoms with Gasteiger partial charge in [0.05, 0.1) is 24.3 Å². The number of nitrogens with zero attached hydrogens (tertiary/aromatic N) is 1. The average Bonchev–Trinajstić information content (AvgIpc) is 3.31. The third-order valence-electron chi connectivity index (χ3n) is 4.66. The number of hydrogen-bond acceptors (Lipinski definition) is 5. The minimum Gasteiger partial charge on any atom is -0.454 e. The first-order valence-electron chi connectivity index (χ1n) is 8.53. The van der Waals surface area contributed by atoms with E-state index >= 15 is 0 Å². The van der Waals surface area contributed by atoms with Crippen LogP contribution in [-0.2, 0) is 14.3 Å². The van der Waals surface area contributed by atoms with Crippen LogP contribution in [0, 0.1) is 0 Å². The number of fused-ring (bicyclic) bond motifs is 1. The monoisotopic (exact) mass is 365 g/mol. The molecule has 1 aromatic carbocycles. The minimum atomic E-state index is -0.308. The van der Waals surface area contributed by atoms with Crippen LogP contribution in [0.1, 0.15) is 24.8 Å². The Kier molecular flexibility index (Phi) is 4.83. The molecular formula is C18H20ClNO5. The normalized spacial score (nSPS) is 23.6. The van der Waals surface area contributed by atoms with E-state index in [1.807, 2.05) is 11.0 Å². The van der Waals surface area contributed by atoms with Crippen molar-refractivity contribution in [2.24, 2.45) is 0 Å². The molecule has 25 heavy (non-hydrogen) atoms. The molecule has 1 unspecified atom stereocenters. The summed E-state index contributed by atoms with van der Waals surface area (Å²) in [5, 5.41) is 0.478. The third-order valence-corrected chi connectivity index (χ3v) is 4.94. The molecule has 7 heteroatoms. The van der Waals surface area contributed by atoms with Gasteiger partial charge >= 0.3 is 0 Å². The molecule has 0 N–H and O–H groups in total. The molecular weight excluding hydrogens is 346 g/mol. The van der Waals surface area contributed by atoms with Crippen molar-refractivity contribution < 1.29 is 23.7 Å². The topological polar surface area (TPSA) is 57.2 Å². The molecule has 4 rings (SSSR count). The number of likely N-dealkylation sites (tertiary alicyclic amines) is 1. The summed E-state index contributed by atoms with van der Waals surface area (Å²) in [6, 6.07) is 3.55. The first-order chi connectivity index (χ1) is 12.2. The van der Waals surface area contributed by atoms with Gasteiger partial charge in [0.2, 0.25) is 12.7 Å². The standard InChI is InChI=1S/C18H20ClNO5/c19-13-9-12(10-15-17(13)25-11-24-15)4-5-16(21)20-6-2-1-3-14(20)18-22-7-8-23-18/h4-5,9-10,14,18H,1-3,6-8,11H2/b5-4+. The van der Waals surface area contributed by atoms with Crippen LogP contribution >= 0.6 is 11.6 Å². The van der Waals surface area contributed by atoms with E-state index in [1.165, 1.54) is 0 Å². The van der Waals surface area contributed by atoms with Gasteiger partial charge in [-0.3, -0.25) is 4.79 Å². The summed E-state index contributed by atoms with van der Waals surface area (Å²) in [7, 11) is 0. The summed E-state index contributed by atoms with van der Waals surface area (Å²) in [6.45, 7) is 2.07. The first kappa shape index (κ1) is 16.7. The number of amides is 1. The molecule has 0 aliphatic carbocycles. The summed E-state index contributed by atoms with van der Waals surface area (Å²) in [5.74, 6) is 1.11. The fraction of sp³-hybridized carbons (Fsp3) is 0.500. The van der Waals surface area contributed by atoms with Gasteiger partial charge in [0, 0.05) is 12.6 Å². The maximum atomic E-state index is 12.7. The van der Waals surface area contributed by atoms with Gasteiger partial charge in [0.1, 0.15) is 0 Å². The van der Waals surface area contributed by atoms with Gasteiger partial charge in [-0.15, -0.1) is 0 Å². The molecule has 0 bridgehead atoms. The minimum absolute atomic E-state index is 0.0197. The Morgan fingerprint density at radius 3 is 2.88 bits per heavy atom. The van der Waals surface area contributed by atoms with E-state index in [1.54, 1.807) is 18.2 Å². The van der Waals surface area contributed by atoms with E-state index in [0.717, 1.165) is 31.4 Å². The summed E-state index contributed by atoms with van der Waals surface area (Å²) < 4.78 is 21.9. The highest BCUT2D eigenvalue weighted by Gasteiger charge is 2.35. The zero-order chi connectivity index (χ0) is 17.2. The Hall–Kier alpha value is -1.76. The maximum Gasteiger partial charge on any atom is 0.246 e. The quantitative estimate of drug-likeness (QED) is 0.771. The summed E-state index contributed by atoms with van der Waals surface area (Å²) >= 11 is 6.18. The number of carbonyl (C=O) groups is 1. The van der Waals surface area contributed by atoms with Crippen molar-refractivity contribution >= 4 is 23.6 Å². The van der Waals surface area contributed by atoms with Gasteiger partial charge in [-0.25, -0.2) is 0 Å². The molecule has 1 atom stereocenters. The molecule has 134 valence electrons. The number of hydrogen-bond donors (Lipinski definition) is 0. The van der Waals surface area contributed by atoms with Crippen molar-refractivity contribution in [3.63, 3.8) is 0 Å². The number of ether oxygens (including phenoxy) is 4. The highest BCUT2D eigenvalue weighted by molar-refractivity contribution is 6.32. The van der Waals surface area contributed by atoms with E-state index in [2.05, 4.69) is 0 Å². The van der Waals surface area contributed by atoms with Gasteiger partial charge < -0.3 is 23.8 Å². The lowest BCUT2D eigenvalue weighted by atomic mass is 10.0. The summed E-state index contributed by atoms with van der Waals surface area (Å²) in [6.07, 6.45) is 6.00. The van der Waals surface area contributed by atoms with E-state index in [-0.39, 0.29) is 25.0 Å². The second-order valence-electron chi connectivity index (χ2n) is 6.27. The number of halogens is 1. The van der Waals surface area contributed by atoms with Crippen molar-refractivity contribution in [2.45, 2.75) is 31.6 Å². The smallest absolute Gasteiger partial charge is 0.246 e. The number of piperidine rings is 1. The molecule has 0 radical (unpaired) electrons. The molecule has 1 aromatic rings. The Bertz CT molecular complexity index is 686. The van der Waals surface area contributed by atoms with Gasteiger partial charge in [-0.2, -0.15) is 0 Å². The highest BCUT2D eigenvalue weighted by Crippen LogP contribution is 2.40. The lowest BCUT2D eigenvalue weighted by Crippen LogP contribution is -2.49. The molecule has 3 aliphatic heterocycles. The largest absolute Gasteiger partial charge is 0.454 e. The molecule has 3 aliphatic rings. The SMILES string of the molecule is O=C(/C=C/c1cc(Cl)c2c(c1)OCO2)N1CCCCC1C1OCCO1. The molecule has 2 saturated heterocycles. The molecule has 6 nitrogen and oxygen atoms in total. The Balaban J connectivity index is 1.48. The Labute approximate surface area is 151 Å². The van der Waals surface area contributed by atoms with Crippen LogP contribution in [0.5, 0.6) is 11.5 Å². The number of benzene rings is 1. The molecule has 0 aromatic heterocycles. The van der Waals surface area contributed by atoms with Gasteiger partial charge in [-0.05, 0) is 43.0 Å². The van der Waals surface area contributed by atoms with Crippen molar-refractivity contribution in [3.05, 3.63) is 28.8 Å². The van der Waals surface area contributed by atoms with Crippen molar-refractivity contribution in [2.75, 3.05) is 26.6 Å². The number of rotatable bonds is 3. The van der Waals surface area contributed by atoms with E-state index in [0.29, 0.717) is 29.7 Å². The van der Waals surface area contributed by atoms with Crippen LogP contribution in [0.15, 0.2) is 18.2 Å². The predicted octanol–water partition coefficient (Wildman–Crippen LogP) is 2.84. The van der Waals surface area contributed by atoms with Crippen LogP contribution in [-0.4, -0.2) is 49.7 Å². The van der Waals surface area contributed by atoms with Crippen LogP contribution in [0.2, 0.25) is 5.02 Å². The second kappa shape index (κ2) is 7.23. The fourth-order valence-electron chi connectivity index (χ4n) is 3.46. The highest BCUT2D eigenvalue weighted by atomic mass is 35.5. The molecule has 1 amide bonds.